The van der Waals surface area contributed by atoms with Crippen molar-refractivity contribution in [1.29, 1.82) is 0 Å². The molecule has 0 bridgehead atoms. The standard InChI is InChI=1S/C22H24N4O/c23-18-6-4-5-17(15-18)16-24-14-13-22(27)26-21-11-9-20(10-12-21)25-19-7-2-1-3-8-19/h1-12,15,24-25H,13-14,16,23H2,(H,26,27). The summed E-state index contributed by atoms with van der Waals surface area (Å²) >= 11 is 0. The predicted molar refractivity (Wildman–Crippen MR) is 112 cm³/mol. The van der Waals surface area contributed by atoms with Crippen LogP contribution in [0.25, 0.3) is 0 Å². The van der Waals surface area contributed by atoms with E-state index in [9.17, 15) is 4.79 Å². The van der Waals surface area contributed by atoms with Gasteiger partial charge in [-0.25, -0.2) is 0 Å². The number of anilines is 4. The van der Waals surface area contributed by atoms with E-state index < -0.39 is 0 Å². The van der Waals surface area contributed by atoms with Crippen LogP contribution < -0.4 is 21.7 Å². The van der Waals surface area contributed by atoms with E-state index in [-0.39, 0.29) is 5.91 Å². The molecule has 5 heteroatoms. The SMILES string of the molecule is Nc1cccc(CNCCC(=O)Nc2ccc(Nc3ccccc3)cc2)c1. The molecule has 3 rings (SSSR count). The summed E-state index contributed by atoms with van der Waals surface area (Å²) in [5, 5.41) is 9.48. The molecular weight excluding hydrogens is 336 g/mol. The minimum absolute atomic E-state index is 0.0150. The monoisotopic (exact) mass is 360 g/mol. The Balaban J connectivity index is 1.40. The smallest absolute Gasteiger partial charge is 0.225 e. The minimum Gasteiger partial charge on any atom is -0.399 e. The van der Waals surface area contributed by atoms with Gasteiger partial charge in [0.25, 0.3) is 0 Å². The molecule has 0 fully saturated rings. The van der Waals surface area contributed by atoms with E-state index in [2.05, 4.69) is 16.0 Å². The first-order valence-electron chi connectivity index (χ1n) is 8.96. The first kappa shape index (κ1) is 18.5. The summed E-state index contributed by atoms with van der Waals surface area (Å²) in [6, 6.07) is 25.4. The molecular formula is C22H24N4O. The van der Waals surface area contributed by atoms with Gasteiger partial charge in [0.2, 0.25) is 5.91 Å². The van der Waals surface area contributed by atoms with Gasteiger partial charge in [-0.15, -0.1) is 0 Å². The van der Waals surface area contributed by atoms with Crippen molar-refractivity contribution in [3.63, 3.8) is 0 Å². The van der Waals surface area contributed by atoms with E-state index in [1.54, 1.807) is 0 Å². The van der Waals surface area contributed by atoms with E-state index in [1.165, 1.54) is 0 Å². The lowest BCUT2D eigenvalue weighted by atomic mass is 10.2. The van der Waals surface area contributed by atoms with Crippen molar-refractivity contribution >= 4 is 28.7 Å². The number of rotatable bonds is 8. The number of carbonyl (C=O) groups is 1. The molecule has 0 heterocycles. The van der Waals surface area contributed by atoms with Gasteiger partial charge >= 0.3 is 0 Å². The van der Waals surface area contributed by atoms with Crippen LogP contribution in [0.1, 0.15) is 12.0 Å². The Morgan fingerprint density at radius 2 is 1.52 bits per heavy atom. The number of benzene rings is 3. The van der Waals surface area contributed by atoms with E-state index in [4.69, 9.17) is 5.73 Å². The fraction of sp³-hybridized carbons (Fsp3) is 0.136. The molecule has 0 spiro atoms. The molecule has 1 amide bonds. The van der Waals surface area contributed by atoms with Crippen LogP contribution in [0.5, 0.6) is 0 Å². The zero-order valence-corrected chi connectivity index (χ0v) is 15.1. The first-order chi connectivity index (χ1) is 13.2. The van der Waals surface area contributed by atoms with Gasteiger partial charge in [-0.1, -0.05) is 30.3 Å². The van der Waals surface area contributed by atoms with Crippen molar-refractivity contribution in [1.82, 2.24) is 5.32 Å². The Morgan fingerprint density at radius 1 is 0.815 bits per heavy atom. The highest BCUT2D eigenvalue weighted by Gasteiger charge is 2.03. The average molecular weight is 360 g/mol. The van der Waals surface area contributed by atoms with Gasteiger partial charge in [-0.05, 0) is 54.1 Å². The van der Waals surface area contributed by atoms with Crippen LogP contribution in [0.2, 0.25) is 0 Å². The molecule has 5 nitrogen and oxygen atoms in total. The van der Waals surface area contributed by atoms with Crippen molar-refractivity contribution in [2.24, 2.45) is 0 Å². The third-order valence-electron chi connectivity index (χ3n) is 4.04. The third kappa shape index (κ3) is 6.17. The number of hydrogen-bond donors (Lipinski definition) is 4. The molecule has 138 valence electrons. The number of nitrogens with two attached hydrogens (primary N) is 1. The van der Waals surface area contributed by atoms with Gasteiger partial charge < -0.3 is 21.7 Å². The van der Waals surface area contributed by atoms with Gasteiger partial charge in [0, 0.05) is 42.3 Å². The molecule has 0 aromatic heterocycles. The number of amides is 1. The maximum absolute atomic E-state index is 12.1. The first-order valence-corrected chi connectivity index (χ1v) is 8.96. The largest absolute Gasteiger partial charge is 0.399 e. The van der Waals surface area contributed by atoms with Crippen molar-refractivity contribution in [2.45, 2.75) is 13.0 Å². The van der Waals surface area contributed by atoms with Crippen LogP contribution in [0.4, 0.5) is 22.7 Å². The van der Waals surface area contributed by atoms with Crippen LogP contribution in [0.3, 0.4) is 0 Å². The molecule has 0 aliphatic heterocycles. The Labute approximate surface area is 159 Å². The fourth-order valence-corrected chi connectivity index (χ4v) is 2.69. The zero-order chi connectivity index (χ0) is 18.9. The van der Waals surface area contributed by atoms with Crippen molar-refractivity contribution in [2.75, 3.05) is 22.9 Å². The Morgan fingerprint density at radius 3 is 2.26 bits per heavy atom. The quantitative estimate of drug-likeness (QED) is 0.360. The second kappa shape index (κ2) is 9.40. The number of nitrogen functional groups attached to an aromatic ring is 1. The molecule has 5 N–H and O–H groups in total. The number of carbonyl (C=O) groups excluding carboxylic acids is 1. The molecule has 3 aromatic rings. The van der Waals surface area contributed by atoms with Gasteiger partial charge in [-0.3, -0.25) is 4.79 Å². The maximum Gasteiger partial charge on any atom is 0.225 e. The summed E-state index contributed by atoms with van der Waals surface area (Å²) in [6.07, 6.45) is 0.409. The Bertz CT molecular complexity index is 863. The highest BCUT2D eigenvalue weighted by atomic mass is 16.1. The molecule has 0 aliphatic carbocycles. The van der Waals surface area contributed by atoms with E-state index in [1.807, 2.05) is 78.9 Å². The Kier molecular flexibility index (Phi) is 6.44. The van der Waals surface area contributed by atoms with Gasteiger partial charge in [0.15, 0.2) is 0 Å². The molecule has 0 radical (unpaired) electrons. The minimum atomic E-state index is -0.0150. The van der Waals surface area contributed by atoms with Crippen LogP contribution in [-0.2, 0) is 11.3 Å². The van der Waals surface area contributed by atoms with Crippen LogP contribution in [-0.4, -0.2) is 12.5 Å². The summed E-state index contributed by atoms with van der Waals surface area (Å²) in [5.41, 5.74) is 10.4. The average Bonchev–Trinajstić information content (AvgIpc) is 2.68. The number of hydrogen-bond acceptors (Lipinski definition) is 4. The molecule has 3 aromatic carbocycles. The predicted octanol–water partition coefficient (Wildman–Crippen LogP) is 4.13. The molecule has 0 saturated carbocycles. The topological polar surface area (TPSA) is 79.2 Å². The molecule has 27 heavy (non-hydrogen) atoms. The zero-order valence-electron chi connectivity index (χ0n) is 15.1. The van der Waals surface area contributed by atoms with E-state index >= 15 is 0 Å². The fourth-order valence-electron chi connectivity index (χ4n) is 2.69. The van der Waals surface area contributed by atoms with Gasteiger partial charge in [0.05, 0.1) is 0 Å². The highest BCUT2D eigenvalue weighted by Crippen LogP contribution is 2.18. The molecule has 0 saturated heterocycles. The normalized spacial score (nSPS) is 10.4. The lowest BCUT2D eigenvalue weighted by Crippen LogP contribution is -2.21. The van der Waals surface area contributed by atoms with Gasteiger partial charge in [0.1, 0.15) is 0 Å². The van der Waals surface area contributed by atoms with Crippen molar-refractivity contribution < 1.29 is 4.79 Å². The van der Waals surface area contributed by atoms with Crippen LogP contribution in [0.15, 0.2) is 78.9 Å². The Hall–Kier alpha value is -3.31. The van der Waals surface area contributed by atoms with Crippen LogP contribution >= 0.6 is 0 Å². The van der Waals surface area contributed by atoms with Gasteiger partial charge in [-0.2, -0.15) is 0 Å². The van der Waals surface area contributed by atoms with Crippen molar-refractivity contribution in [3.8, 4) is 0 Å². The maximum atomic E-state index is 12.1. The van der Waals surface area contributed by atoms with E-state index in [0.717, 1.165) is 28.3 Å². The van der Waals surface area contributed by atoms with Crippen LogP contribution in [0, 0.1) is 0 Å². The summed E-state index contributed by atoms with van der Waals surface area (Å²) in [4.78, 5) is 12.1. The lowest BCUT2D eigenvalue weighted by molar-refractivity contribution is -0.116. The molecule has 0 unspecified atom stereocenters. The number of para-hydroxylation sites is 1. The molecule has 0 aliphatic rings. The second-order valence-corrected chi connectivity index (χ2v) is 6.29. The summed E-state index contributed by atoms with van der Waals surface area (Å²) in [7, 11) is 0. The third-order valence-corrected chi connectivity index (χ3v) is 4.04. The second-order valence-electron chi connectivity index (χ2n) is 6.29. The summed E-state index contributed by atoms with van der Waals surface area (Å²) in [5.74, 6) is -0.0150. The van der Waals surface area contributed by atoms with Crippen molar-refractivity contribution in [3.05, 3.63) is 84.4 Å². The highest BCUT2D eigenvalue weighted by molar-refractivity contribution is 5.91. The summed E-state index contributed by atoms with van der Waals surface area (Å²) < 4.78 is 0. The summed E-state index contributed by atoms with van der Waals surface area (Å²) in [6.45, 7) is 1.30. The number of nitrogens with one attached hydrogen (secondary N) is 3. The van der Waals surface area contributed by atoms with E-state index in [0.29, 0.717) is 19.5 Å². The lowest BCUT2D eigenvalue weighted by Gasteiger charge is -2.09. The molecule has 0 atom stereocenters.